The Kier molecular flexibility index (Phi) is 3.65. The molecule has 1 amide bonds. The number of H-pyrrole nitrogens is 1. The summed E-state index contributed by atoms with van der Waals surface area (Å²) in [6.45, 7) is 2.51. The van der Waals surface area contributed by atoms with Crippen LogP contribution in [0.2, 0.25) is 5.02 Å². The molecule has 0 bridgehead atoms. The van der Waals surface area contributed by atoms with Crippen molar-refractivity contribution in [2.75, 3.05) is 13.6 Å². The molecular weight excluding hydrogens is 340 g/mol. The number of aryl methyl sites for hydroxylation is 1. The maximum absolute atomic E-state index is 12.6. The van der Waals surface area contributed by atoms with Crippen LogP contribution in [0, 0.1) is 6.92 Å². The number of aromatic amines is 1. The Labute approximate surface area is 149 Å². The first-order valence-corrected chi connectivity index (χ1v) is 8.44. The number of carbonyl (C=O) groups is 1. The number of nitrogens with one attached hydrogen (secondary N) is 1. The van der Waals surface area contributed by atoms with Crippen LogP contribution >= 0.6 is 11.6 Å². The molecule has 25 heavy (non-hydrogen) atoms. The maximum atomic E-state index is 12.6. The standard InChI is InChI=1S/C18H17ClN4O2/c1-10-17(11-4-3-5-13(19)6-11)21-23-16(25)8-14(20-18(10)23)12-7-15(24)22(2)9-12/h3-6,8,12,21H,7,9H2,1-2H3/t12-/m0/s1. The van der Waals surface area contributed by atoms with Gasteiger partial charge in [0, 0.05) is 48.1 Å². The highest BCUT2D eigenvalue weighted by molar-refractivity contribution is 6.30. The zero-order valence-electron chi connectivity index (χ0n) is 13.9. The molecule has 7 heteroatoms. The van der Waals surface area contributed by atoms with Gasteiger partial charge in [0.1, 0.15) is 0 Å². The van der Waals surface area contributed by atoms with E-state index in [2.05, 4.69) is 10.1 Å². The fourth-order valence-electron chi connectivity index (χ4n) is 3.36. The Balaban J connectivity index is 1.85. The number of rotatable bonds is 2. The summed E-state index contributed by atoms with van der Waals surface area (Å²) in [4.78, 5) is 30.7. The fraction of sp³-hybridized carbons (Fsp3) is 0.278. The summed E-state index contributed by atoms with van der Waals surface area (Å²) in [7, 11) is 1.77. The van der Waals surface area contributed by atoms with Gasteiger partial charge >= 0.3 is 0 Å². The van der Waals surface area contributed by atoms with Crippen LogP contribution in [0.5, 0.6) is 0 Å². The van der Waals surface area contributed by atoms with Gasteiger partial charge in [-0.05, 0) is 19.1 Å². The van der Waals surface area contributed by atoms with Gasteiger partial charge in [-0.3, -0.25) is 14.7 Å². The Morgan fingerprint density at radius 1 is 1.28 bits per heavy atom. The van der Waals surface area contributed by atoms with Crippen molar-refractivity contribution in [2.45, 2.75) is 19.3 Å². The van der Waals surface area contributed by atoms with Crippen molar-refractivity contribution in [3.05, 3.63) is 57.0 Å². The summed E-state index contributed by atoms with van der Waals surface area (Å²) in [5.41, 5.74) is 3.65. The third-order valence-electron chi connectivity index (χ3n) is 4.75. The molecule has 1 aromatic carbocycles. The highest BCUT2D eigenvalue weighted by Crippen LogP contribution is 2.29. The first kappa shape index (κ1) is 15.9. The minimum atomic E-state index is -0.182. The second-order valence-electron chi connectivity index (χ2n) is 6.48. The van der Waals surface area contributed by atoms with Crippen LogP contribution in [0.4, 0.5) is 0 Å². The van der Waals surface area contributed by atoms with Gasteiger partial charge in [0.15, 0.2) is 5.65 Å². The molecule has 0 saturated carbocycles. The predicted molar refractivity (Wildman–Crippen MR) is 96.0 cm³/mol. The fourth-order valence-corrected chi connectivity index (χ4v) is 3.55. The molecule has 3 aromatic rings. The molecule has 1 aliphatic rings. The van der Waals surface area contributed by atoms with Gasteiger partial charge in [-0.1, -0.05) is 23.7 Å². The Bertz CT molecular complexity index is 1050. The van der Waals surface area contributed by atoms with Crippen LogP contribution in [0.25, 0.3) is 16.9 Å². The molecule has 1 atom stereocenters. The minimum absolute atomic E-state index is 0.0425. The van der Waals surface area contributed by atoms with E-state index in [1.807, 2.05) is 25.1 Å². The number of likely N-dealkylation sites (tertiary alicyclic amines) is 1. The van der Waals surface area contributed by atoms with E-state index in [1.54, 1.807) is 18.0 Å². The number of halogens is 1. The Hall–Kier alpha value is -2.60. The topological polar surface area (TPSA) is 70.5 Å². The monoisotopic (exact) mass is 356 g/mol. The molecule has 3 heterocycles. The highest BCUT2D eigenvalue weighted by Gasteiger charge is 2.30. The molecule has 1 aliphatic heterocycles. The molecule has 0 unspecified atom stereocenters. The van der Waals surface area contributed by atoms with Crippen molar-refractivity contribution >= 4 is 23.2 Å². The van der Waals surface area contributed by atoms with E-state index < -0.39 is 0 Å². The Morgan fingerprint density at radius 3 is 2.76 bits per heavy atom. The molecule has 2 aromatic heterocycles. The van der Waals surface area contributed by atoms with Gasteiger partial charge in [-0.2, -0.15) is 0 Å². The largest absolute Gasteiger partial charge is 0.345 e. The lowest BCUT2D eigenvalue weighted by atomic mass is 10.0. The summed E-state index contributed by atoms with van der Waals surface area (Å²) < 4.78 is 1.44. The van der Waals surface area contributed by atoms with Gasteiger partial charge in [0.25, 0.3) is 5.56 Å². The molecule has 6 nitrogen and oxygen atoms in total. The van der Waals surface area contributed by atoms with Crippen molar-refractivity contribution in [1.29, 1.82) is 0 Å². The molecule has 0 spiro atoms. The number of amides is 1. The van der Waals surface area contributed by atoms with E-state index in [4.69, 9.17) is 11.6 Å². The van der Waals surface area contributed by atoms with Crippen LogP contribution in [0.15, 0.2) is 35.1 Å². The summed E-state index contributed by atoms with van der Waals surface area (Å²) in [5.74, 6) is 0.0384. The summed E-state index contributed by atoms with van der Waals surface area (Å²) in [6.07, 6.45) is 0.393. The van der Waals surface area contributed by atoms with Crippen molar-refractivity contribution < 1.29 is 4.79 Å². The predicted octanol–water partition coefficient (Wildman–Crippen LogP) is 2.60. The van der Waals surface area contributed by atoms with Gasteiger partial charge in [-0.15, -0.1) is 0 Å². The molecule has 0 aliphatic carbocycles. The third kappa shape index (κ3) is 2.62. The first-order valence-electron chi connectivity index (χ1n) is 8.06. The van der Waals surface area contributed by atoms with E-state index in [9.17, 15) is 9.59 Å². The van der Waals surface area contributed by atoms with Crippen molar-refractivity contribution in [2.24, 2.45) is 0 Å². The number of fused-ring (bicyclic) bond motifs is 1. The van der Waals surface area contributed by atoms with Crippen LogP contribution < -0.4 is 5.56 Å². The second-order valence-corrected chi connectivity index (χ2v) is 6.91. The van der Waals surface area contributed by atoms with E-state index in [0.29, 0.717) is 29.3 Å². The normalized spacial score (nSPS) is 17.6. The first-order chi connectivity index (χ1) is 11.9. The highest BCUT2D eigenvalue weighted by atomic mass is 35.5. The van der Waals surface area contributed by atoms with Crippen molar-refractivity contribution in [3.8, 4) is 11.3 Å². The van der Waals surface area contributed by atoms with Gasteiger partial charge in [0.05, 0.1) is 11.4 Å². The van der Waals surface area contributed by atoms with Crippen molar-refractivity contribution in [1.82, 2.24) is 19.5 Å². The van der Waals surface area contributed by atoms with Gasteiger partial charge < -0.3 is 4.90 Å². The lowest BCUT2D eigenvalue weighted by Gasteiger charge is -2.09. The number of aromatic nitrogens is 3. The lowest BCUT2D eigenvalue weighted by Crippen LogP contribution is -2.20. The SMILES string of the molecule is Cc1c(-c2cccc(Cl)c2)[nH]n2c(=O)cc([C@H]3CC(=O)N(C)C3)nc12. The third-order valence-corrected chi connectivity index (χ3v) is 4.98. The maximum Gasteiger partial charge on any atom is 0.272 e. The van der Waals surface area contributed by atoms with E-state index in [-0.39, 0.29) is 17.4 Å². The molecule has 4 rings (SSSR count). The number of benzene rings is 1. The number of nitrogens with zero attached hydrogens (tertiary/aromatic N) is 3. The summed E-state index contributed by atoms with van der Waals surface area (Å²) >= 11 is 6.08. The molecule has 1 fully saturated rings. The summed E-state index contributed by atoms with van der Waals surface area (Å²) in [5, 5.41) is 3.75. The van der Waals surface area contributed by atoms with Crippen molar-refractivity contribution in [3.63, 3.8) is 0 Å². The molecule has 1 N–H and O–H groups in total. The minimum Gasteiger partial charge on any atom is -0.345 e. The zero-order chi connectivity index (χ0) is 17.7. The molecule has 0 radical (unpaired) electrons. The number of carbonyl (C=O) groups excluding carboxylic acids is 1. The summed E-state index contributed by atoms with van der Waals surface area (Å²) in [6, 6.07) is 8.96. The number of hydrogen-bond donors (Lipinski definition) is 1. The Morgan fingerprint density at radius 2 is 2.08 bits per heavy atom. The average Bonchev–Trinajstić information content (AvgIpc) is 3.09. The number of likely N-dealkylation sites (N-methyl/N-ethyl adjacent to an activating group) is 1. The van der Waals surface area contributed by atoms with E-state index in [0.717, 1.165) is 16.8 Å². The molecule has 1 saturated heterocycles. The lowest BCUT2D eigenvalue weighted by molar-refractivity contribution is -0.126. The van der Waals surface area contributed by atoms with Crippen LogP contribution in [-0.4, -0.2) is 39.0 Å². The zero-order valence-corrected chi connectivity index (χ0v) is 14.7. The smallest absolute Gasteiger partial charge is 0.272 e. The van der Waals surface area contributed by atoms with Gasteiger partial charge in [0.2, 0.25) is 5.91 Å². The van der Waals surface area contributed by atoms with E-state index in [1.165, 1.54) is 10.6 Å². The van der Waals surface area contributed by atoms with E-state index >= 15 is 0 Å². The van der Waals surface area contributed by atoms with Crippen LogP contribution in [-0.2, 0) is 4.79 Å². The quantitative estimate of drug-likeness (QED) is 0.767. The molecule has 128 valence electrons. The van der Waals surface area contributed by atoms with Gasteiger partial charge in [-0.25, -0.2) is 9.50 Å². The van der Waals surface area contributed by atoms with Crippen LogP contribution in [0.3, 0.4) is 0 Å². The second kappa shape index (κ2) is 5.74. The average molecular weight is 357 g/mol. The van der Waals surface area contributed by atoms with Crippen LogP contribution in [0.1, 0.15) is 23.6 Å². The molecular formula is C18H17ClN4O2. The number of hydrogen-bond acceptors (Lipinski definition) is 3.